The summed E-state index contributed by atoms with van der Waals surface area (Å²) in [6.45, 7) is 9.56. The van der Waals surface area contributed by atoms with Crippen molar-refractivity contribution >= 4 is 17.6 Å². The second kappa shape index (κ2) is 11.7. The molecule has 0 saturated carbocycles. The number of hydrogen-bond acceptors (Lipinski definition) is 7. The lowest BCUT2D eigenvalue weighted by Crippen LogP contribution is -2.44. The van der Waals surface area contributed by atoms with E-state index in [1.165, 1.54) is 17.2 Å². The third kappa shape index (κ3) is 6.41. The molecule has 9 nitrogen and oxygen atoms in total. The van der Waals surface area contributed by atoms with Crippen LogP contribution in [0.4, 0.5) is 11.6 Å². The van der Waals surface area contributed by atoms with Crippen LogP contribution >= 0.6 is 0 Å². The molecule has 1 N–H and O–H groups in total. The lowest BCUT2D eigenvalue weighted by atomic mass is 10.1. The summed E-state index contributed by atoms with van der Waals surface area (Å²) in [5, 5.41) is 3.12. The fourth-order valence-electron chi connectivity index (χ4n) is 3.78. The maximum Gasteiger partial charge on any atom is 0.354 e. The Morgan fingerprint density at radius 2 is 1.69 bits per heavy atom. The summed E-state index contributed by atoms with van der Waals surface area (Å²) in [5.41, 5.74) is 2.31. The van der Waals surface area contributed by atoms with Crippen molar-refractivity contribution in [1.29, 1.82) is 0 Å². The summed E-state index contributed by atoms with van der Waals surface area (Å²) in [6, 6.07) is 13.4. The van der Waals surface area contributed by atoms with E-state index in [2.05, 4.69) is 17.2 Å². The normalized spacial score (nSPS) is 11.9. The van der Waals surface area contributed by atoms with Crippen LogP contribution < -0.4 is 21.4 Å². The van der Waals surface area contributed by atoms with Gasteiger partial charge in [0.15, 0.2) is 0 Å². The fourth-order valence-corrected chi connectivity index (χ4v) is 3.78. The summed E-state index contributed by atoms with van der Waals surface area (Å²) >= 11 is 0. The fraction of sp³-hybridized carbons (Fsp3) is 0.407. The molecule has 0 amide bonds. The first-order chi connectivity index (χ1) is 17.1. The van der Waals surface area contributed by atoms with E-state index >= 15 is 0 Å². The number of anilines is 2. The van der Waals surface area contributed by atoms with Gasteiger partial charge in [0.25, 0.3) is 0 Å². The second-order valence-electron chi connectivity index (χ2n) is 9.06. The Morgan fingerprint density at radius 1 is 1.03 bits per heavy atom. The minimum Gasteiger partial charge on any atom is -0.491 e. The first kappa shape index (κ1) is 26.7. The van der Waals surface area contributed by atoms with E-state index < -0.39 is 23.3 Å². The Hall–Kier alpha value is -3.88. The van der Waals surface area contributed by atoms with Gasteiger partial charge in [-0.05, 0) is 62.1 Å². The minimum atomic E-state index is -0.743. The molecule has 9 heteroatoms. The standard InChI is InChI=1S/C27H34N4O5/c1-7-20-8-10-21(11-9-20)16-30-25(28-22-12-13-23(18(4)14-22)36-17(2)3)29-26(33)31(27(30)34)15-19(5)24(32)35-6/h8-14,17,19H,7,15-16H2,1-6H3,(H,28,29,33)/t19-/m0/s1. The zero-order valence-corrected chi connectivity index (χ0v) is 21.7. The van der Waals surface area contributed by atoms with E-state index in [-0.39, 0.29) is 25.1 Å². The molecule has 0 aliphatic rings. The predicted octanol–water partition coefficient (Wildman–Crippen LogP) is 3.66. The van der Waals surface area contributed by atoms with Crippen LogP contribution in [0.2, 0.25) is 0 Å². The van der Waals surface area contributed by atoms with Crippen molar-refractivity contribution in [2.75, 3.05) is 12.4 Å². The third-order valence-corrected chi connectivity index (χ3v) is 5.78. The number of hydrogen-bond donors (Lipinski definition) is 1. The van der Waals surface area contributed by atoms with Crippen LogP contribution in [0.25, 0.3) is 0 Å². The number of aromatic nitrogens is 3. The zero-order chi connectivity index (χ0) is 26.4. The summed E-state index contributed by atoms with van der Waals surface area (Å²) in [5.74, 6) is -0.327. The molecule has 0 aliphatic carbocycles. The number of ether oxygens (including phenoxy) is 2. The number of carbonyl (C=O) groups is 1. The molecule has 0 radical (unpaired) electrons. The monoisotopic (exact) mass is 494 g/mol. The quantitative estimate of drug-likeness (QED) is 0.429. The van der Waals surface area contributed by atoms with E-state index in [1.54, 1.807) is 6.92 Å². The summed E-state index contributed by atoms with van der Waals surface area (Å²) in [4.78, 5) is 42.4. The topological polar surface area (TPSA) is 104 Å². The number of nitrogens with zero attached hydrogens (tertiary/aromatic N) is 3. The molecule has 1 atom stereocenters. The van der Waals surface area contributed by atoms with Gasteiger partial charge >= 0.3 is 17.3 Å². The summed E-state index contributed by atoms with van der Waals surface area (Å²) in [6.07, 6.45) is 0.939. The van der Waals surface area contributed by atoms with Gasteiger partial charge in [-0.15, -0.1) is 0 Å². The Balaban J connectivity index is 2.04. The van der Waals surface area contributed by atoms with Gasteiger partial charge in [-0.3, -0.25) is 9.36 Å². The van der Waals surface area contributed by atoms with Gasteiger partial charge < -0.3 is 14.8 Å². The van der Waals surface area contributed by atoms with Gasteiger partial charge in [0.1, 0.15) is 5.75 Å². The highest BCUT2D eigenvalue weighted by Gasteiger charge is 2.20. The molecule has 0 bridgehead atoms. The predicted molar refractivity (Wildman–Crippen MR) is 139 cm³/mol. The third-order valence-electron chi connectivity index (χ3n) is 5.78. The average Bonchev–Trinajstić information content (AvgIpc) is 2.85. The molecule has 0 aliphatic heterocycles. The molecule has 0 spiro atoms. The molecule has 2 aromatic carbocycles. The average molecular weight is 495 g/mol. The number of benzene rings is 2. The van der Waals surface area contributed by atoms with E-state index in [4.69, 9.17) is 9.47 Å². The van der Waals surface area contributed by atoms with E-state index in [0.29, 0.717) is 5.69 Å². The lowest BCUT2D eigenvalue weighted by molar-refractivity contribution is -0.145. The molecule has 1 aromatic heterocycles. The maximum absolute atomic E-state index is 13.5. The largest absolute Gasteiger partial charge is 0.491 e. The van der Waals surface area contributed by atoms with Crippen LogP contribution in [0.3, 0.4) is 0 Å². The van der Waals surface area contributed by atoms with Crippen LogP contribution in [0.1, 0.15) is 44.4 Å². The lowest BCUT2D eigenvalue weighted by Gasteiger charge is -2.18. The maximum atomic E-state index is 13.5. The number of esters is 1. The van der Waals surface area contributed by atoms with Crippen LogP contribution in [-0.2, 0) is 29.0 Å². The van der Waals surface area contributed by atoms with Crippen LogP contribution in [0, 0.1) is 12.8 Å². The zero-order valence-electron chi connectivity index (χ0n) is 21.7. The van der Waals surface area contributed by atoms with Gasteiger partial charge in [0, 0.05) is 12.2 Å². The number of methoxy groups -OCH3 is 1. The number of carbonyl (C=O) groups excluding carboxylic acids is 1. The van der Waals surface area contributed by atoms with Crippen molar-refractivity contribution < 1.29 is 14.3 Å². The molecular weight excluding hydrogens is 460 g/mol. The molecule has 36 heavy (non-hydrogen) atoms. The molecule has 192 valence electrons. The van der Waals surface area contributed by atoms with Crippen LogP contribution in [0.5, 0.6) is 5.75 Å². The molecular formula is C27H34N4O5. The van der Waals surface area contributed by atoms with Crippen molar-refractivity contribution in [1.82, 2.24) is 14.1 Å². The second-order valence-corrected chi connectivity index (χ2v) is 9.06. The van der Waals surface area contributed by atoms with E-state index in [0.717, 1.165) is 27.9 Å². The van der Waals surface area contributed by atoms with Crippen LogP contribution in [0.15, 0.2) is 52.1 Å². The number of rotatable bonds is 10. The van der Waals surface area contributed by atoms with Crippen molar-refractivity contribution in [3.63, 3.8) is 0 Å². The molecule has 3 aromatic rings. The molecule has 0 unspecified atom stereocenters. The van der Waals surface area contributed by atoms with E-state index in [1.807, 2.05) is 63.2 Å². The minimum absolute atomic E-state index is 0.0356. The first-order valence-electron chi connectivity index (χ1n) is 12.0. The summed E-state index contributed by atoms with van der Waals surface area (Å²) in [7, 11) is 1.27. The first-order valence-corrected chi connectivity index (χ1v) is 12.0. The van der Waals surface area contributed by atoms with Crippen molar-refractivity contribution in [3.8, 4) is 5.75 Å². The van der Waals surface area contributed by atoms with Crippen LogP contribution in [-0.4, -0.2) is 33.3 Å². The van der Waals surface area contributed by atoms with Crippen molar-refractivity contribution in [2.45, 2.75) is 60.2 Å². The highest BCUT2D eigenvalue weighted by Crippen LogP contribution is 2.24. The summed E-state index contributed by atoms with van der Waals surface area (Å²) < 4.78 is 12.9. The molecule has 0 saturated heterocycles. The Labute approximate surface area is 210 Å². The molecule has 0 fully saturated rings. The van der Waals surface area contributed by atoms with Gasteiger partial charge in [0.05, 0.1) is 25.7 Å². The highest BCUT2D eigenvalue weighted by molar-refractivity contribution is 5.71. The van der Waals surface area contributed by atoms with Crippen molar-refractivity contribution in [2.24, 2.45) is 5.92 Å². The van der Waals surface area contributed by atoms with Crippen molar-refractivity contribution in [3.05, 3.63) is 80.1 Å². The van der Waals surface area contributed by atoms with Gasteiger partial charge in [-0.25, -0.2) is 14.2 Å². The van der Waals surface area contributed by atoms with Gasteiger partial charge in [0.2, 0.25) is 5.95 Å². The Bertz CT molecular complexity index is 1330. The smallest absolute Gasteiger partial charge is 0.354 e. The SMILES string of the molecule is CCc1ccc(Cn2c(Nc3ccc(OC(C)C)c(C)c3)nc(=O)n(C[C@H](C)C(=O)OC)c2=O)cc1. The molecule has 3 rings (SSSR count). The highest BCUT2D eigenvalue weighted by atomic mass is 16.5. The Kier molecular flexibility index (Phi) is 8.68. The van der Waals surface area contributed by atoms with E-state index in [9.17, 15) is 14.4 Å². The Morgan fingerprint density at radius 3 is 2.28 bits per heavy atom. The van der Waals surface area contributed by atoms with Gasteiger partial charge in [-0.2, -0.15) is 4.98 Å². The number of aryl methyl sites for hydroxylation is 2. The van der Waals surface area contributed by atoms with Gasteiger partial charge in [-0.1, -0.05) is 38.1 Å². The molecule has 1 heterocycles. The number of nitrogens with one attached hydrogen (secondary N) is 1.